The Balaban J connectivity index is 1.37. The van der Waals surface area contributed by atoms with Gasteiger partial charge in [0.15, 0.2) is 0 Å². The number of ether oxygens (including phenoxy) is 1. The highest BCUT2D eigenvalue weighted by Gasteiger charge is 2.51. The van der Waals surface area contributed by atoms with Crippen LogP contribution in [0.5, 0.6) is 5.75 Å². The van der Waals surface area contributed by atoms with Crippen molar-refractivity contribution in [3.8, 4) is 5.75 Å². The second kappa shape index (κ2) is 9.51. The largest absolute Gasteiger partial charge is 0.492 e. The highest BCUT2D eigenvalue weighted by molar-refractivity contribution is 6.10. The van der Waals surface area contributed by atoms with Crippen LogP contribution in [0.15, 0.2) is 67.3 Å². The first kappa shape index (κ1) is 22.0. The van der Waals surface area contributed by atoms with Crippen LogP contribution >= 0.6 is 0 Å². The van der Waals surface area contributed by atoms with Gasteiger partial charge in [0.2, 0.25) is 5.91 Å². The van der Waals surface area contributed by atoms with Gasteiger partial charge in [-0.3, -0.25) is 14.5 Å². The van der Waals surface area contributed by atoms with Gasteiger partial charge in [-0.1, -0.05) is 43.3 Å². The second-order valence-corrected chi connectivity index (χ2v) is 7.53. The van der Waals surface area contributed by atoms with Crippen molar-refractivity contribution in [2.45, 2.75) is 25.4 Å². The Labute approximate surface area is 190 Å². The summed E-state index contributed by atoms with van der Waals surface area (Å²) in [6.07, 6.45) is 3.42. The normalized spacial score (nSPS) is 17.7. The molecular weight excluding hydrogens is 424 g/mol. The molecule has 0 saturated carbocycles. The molecule has 0 spiro atoms. The molecule has 170 valence electrons. The summed E-state index contributed by atoms with van der Waals surface area (Å²) in [6.45, 7) is 2.34. The minimum atomic E-state index is -1.17. The molecule has 33 heavy (non-hydrogen) atoms. The number of hydrogen-bond donors (Lipinski definition) is 2. The summed E-state index contributed by atoms with van der Waals surface area (Å²) in [4.78, 5) is 43.2. The minimum absolute atomic E-state index is 0.369. The molecule has 4 rings (SSSR count). The van der Waals surface area contributed by atoms with Gasteiger partial charge in [0.05, 0.1) is 6.54 Å². The van der Waals surface area contributed by atoms with Crippen molar-refractivity contribution >= 4 is 23.5 Å². The number of aromatic nitrogens is 3. The number of carbonyl (C=O) groups is 3. The third-order valence-corrected chi connectivity index (χ3v) is 5.45. The van der Waals surface area contributed by atoms with Gasteiger partial charge in [0.25, 0.3) is 5.91 Å². The maximum atomic E-state index is 13.2. The first-order valence-corrected chi connectivity index (χ1v) is 10.6. The van der Waals surface area contributed by atoms with Crippen LogP contribution < -0.4 is 15.4 Å². The second-order valence-electron chi connectivity index (χ2n) is 7.53. The van der Waals surface area contributed by atoms with Gasteiger partial charge in [0.1, 0.15) is 37.1 Å². The molecule has 0 bridgehead atoms. The molecule has 10 heteroatoms. The van der Waals surface area contributed by atoms with E-state index in [0.29, 0.717) is 36.6 Å². The molecule has 1 fully saturated rings. The van der Waals surface area contributed by atoms with Crippen LogP contribution in [0.1, 0.15) is 18.9 Å². The van der Waals surface area contributed by atoms with Crippen LogP contribution in [0.25, 0.3) is 0 Å². The number of benzene rings is 2. The number of nitrogens with one attached hydrogen (secondary N) is 2. The summed E-state index contributed by atoms with van der Waals surface area (Å²) < 4.78 is 7.34. The summed E-state index contributed by atoms with van der Waals surface area (Å²) >= 11 is 0. The van der Waals surface area contributed by atoms with Crippen molar-refractivity contribution < 1.29 is 19.1 Å². The molecule has 1 aliphatic rings. The average molecular weight is 448 g/mol. The molecular formula is C23H24N6O4. The molecule has 10 nitrogen and oxygen atoms in total. The molecule has 1 aliphatic heterocycles. The fourth-order valence-corrected chi connectivity index (χ4v) is 3.74. The van der Waals surface area contributed by atoms with Crippen molar-refractivity contribution in [2.24, 2.45) is 0 Å². The van der Waals surface area contributed by atoms with E-state index in [1.54, 1.807) is 47.4 Å². The Morgan fingerprint density at radius 2 is 1.97 bits per heavy atom. The van der Waals surface area contributed by atoms with Crippen molar-refractivity contribution in [1.82, 2.24) is 25.0 Å². The van der Waals surface area contributed by atoms with E-state index in [9.17, 15) is 14.4 Å². The molecule has 4 amide bonds. The first-order chi connectivity index (χ1) is 16.0. The van der Waals surface area contributed by atoms with Crippen molar-refractivity contribution in [1.29, 1.82) is 0 Å². The molecule has 1 atom stereocenters. The number of carbonyl (C=O) groups excluding carboxylic acids is 3. The van der Waals surface area contributed by atoms with E-state index in [1.807, 2.05) is 25.1 Å². The maximum absolute atomic E-state index is 13.2. The van der Waals surface area contributed by atoms with E-state index in [1.165, 1.54) is 6.33 Å². The molecule has 0 unspecified atom stereocenters. The third-order valence-electron chi connectivity index (χ3n) is 5.45. The minimum Gasteiger partial charge on any atom is -0.492 e. The Kier molecular flexibility index (Phi) is 6.34. The fraction of sp³-hybridized carbons (Fsp3) is 0.261. The fourth-order valence-electron chi connectivity index (χ4n) is 3.74. The van der Waals surface area contributed by atoms with Gasteiger partial charge >= 0.3 is 6.03 Å². The van der Waals surface area contributed by atoms with Crippen LogP contribution in [0.4, 0.5) is 10.5 Å². The number of urea groups is 1. The van der Waals surface area contributed by atoms with Crippen LogP contribution in [-0.2, 0) is 21.7 Å². The Hall–Kier alpha value is -4.21. The first-order valence-electron chi connectivity index (χ1n) is 10.6. The molecule has 1 saturated heterocycles. The summed E-state index contributed by atoms with van der Waals surface area (Å²) in [5, 5.41) is 9.50. The monoisotopic (exact) mass is 448 g/mol. The quantitative estimate of drug-likeness (QED) is 0.484. The zero-order valence-corrected chi connectivity index (χ0v) is 18.1. The van der Waals surface area contributed by atoms with Crippen LogP contribution in [0, 0.1) is 0 Å². The summed E-state index contributed by atoms with van der Waals surface area (Å²) in [7, 11) is 0. The maximum Gasteiger partial charge on any atom is 0.325 e. The van der Waals surface area contributed by atoms with Crippen molar-refractivity contribution in [3.63, 3.8) is 0 Å². The van der Waals surface area contributed by atoms with Gasteiger partial charge in [-0.25, -0.2) is 14.5 Å². The van der Waals surface area contributed by atoms with Gasteiger partial charge in [-0.05, 0) is 24.1 Å². The van der Waals surface area contributed by atoms with E-state index in [0.717, 1.165) is 4.90 Å². The lowest BCUT2D eigenvalue weighted by Crippen LogP contribution is -2.44. The average Bonchev–Trinajstić information content (AvgIpc) is 3.42. The van der Waals surface area contributed by atoms with E-state index in [2.05, 4.69) is 20.7 Å². The number of anilines is 1. The number of hydrogen-bond acceptors (Lipinski definition) is 6. The van der Waals surface area contributed by atoms with E-state index in [-0.39, 0.29) is 0 Å². The van der Waals surface area contributed by atoms with Gasteiger partial charge in [0, 0.05) is 11.8 Å². The van der Waals surface area contributed by atoms with Crippen LogP contribution in [-0.4, -0.2) is 50.7 Å². The lowest BCUT2D eigenvalue weighted by Gasteiger charge is -2.25. The molecule has 3 aromatic rings. The topological polar surface area (TPSA) is 118 Å². The smallest absolute Gasteiger partial charge is 0.325 e. The van der Waals surface area contributed by atoms with E-state index < -0.39 is 29.9 Å². The Morgan fingerprint density at radius 3 is 2.70 bits per heavy atom. The van der Waals surface area contributed by atoms with E-state index in [4.69, 9.17) is 4.74 Å². The predicted octanol–water partition coefficient (Wildman–Crippen LogP) is 2.15. The van der Waals surface area contributed by atoms with Gasteiger partial charge in [-0.15, -0.1) is 0 Å². The molecule has 1 aromatic heterocycles. The van der Waals surface area contributed by atoms with Gasteiger partial charge in [-0.2, -0.15) is 5.10 Å². The van der Waals surface area contributed by atoms with Crippen molar-refractivity contribution in [3.05, 3.63) is 72.8 Å². The summed E-state index contributed by atoms with van der Waals surface area (Å²) in [5.74, 6) is -0.364. The number of nitrogens with zero attached hydrogens (tertiary/aromatic N) is 4. The number of imide groups is 1. The molecule has 0 aliphatic carbocycles. The lowest BCUT2D eigenvalue weighted by molar-refractivity contribution is -0.134. The molecule has 2 heterocycles. The summed E-state index contributed by atoms with van der Waals surface area (Å²) in [6, 6.07) is 15.3. The molecule has 2 aromatic carbocycles. The van der Waals surface area contributed by atoms with E-state index >= 15 is 0 Å². The zero-order valence-electron chi connectivity index (χ0n) is 18.1. The Bertz CT molecular complexity index is 1130. The van der Waals surface area contributed by atoms with Gasteiger partial charge < -0.3 is 15.4 Å². The molecule has 0 radical (unpaired) electrons. The predicted molar refractivity (Wildman–Crippen MR) is 119 cm³/mol. The zero-order chi connectivity index (χ0) is 23.3. The Morgan fingerprint density at radius 1 is 1.15 bits per heavy atom. The van der Waals surface area contributed by atoms with Crippen molar-refractivity contribution in [2.75, 3.05) is 18.5 Å². The standard InChI is InChI=1S/C23H24N6O4/c1-2-23(17-7-4-3-5-8-17)21(31)29(22(32)27-23)14-20(30)26-18-9-6-10-19(13-18)33-12-11-28-16-24-15-25-28/h3-10,13,15-16H,2,11-12,14H2,1H3,(H,26,30)(H,27,32)/t23-/m0/s1. The highest BCUT2D eigenvalue weighted by Crippen LogP contribution is 2.32. The summed E-state index contributed by atoms with van der Waals surface area (Å²) in [5.41, 5.74) is 0.0100. The number of rotatable bonds is 9. The lowest BCUT2D eigenvalue weighted by atomic mass is 9.87. The molecule has 2 N–H and O–H groups in total. The SMILES string of the molecule is CC[C@@]1(c2ccccc2)NC(=O)N(CC(=O)Nc2cccc(OCCn3cncn3)c2)C1=O. The van der Waals surface area contributed by atoms with Crippen LogP contribution in [0.2, 0.25) is 0 Å². The van der Waals surface area contributed by atoms with Crippen LogP contribution in [0.3, 0.4) is 0 Å². The number of amides is 4. The third kappa shape index (κ3) is 4.69. The highest BCUT2D eigenvalue weighted by atomic mass is 16.5.